The lowest BCUT2D eigenvalue weighted by Gasteiger charge is -1.95. The van der Waals surface area contributed by atoms with Gasteiger partial charge in [0.05, 0.1) is 12.7 Å². The van der Waals surface area contributed by atoms with E-state index in [9.17, 15) is 0 Å². The molecule has 58 valence electrons. The molecule has 2 nitrogen and oxygen atoms in total. The quantitative estimate of drug-likeness (QED) is 0.497. The number of epoxide rings is 1. The number of halogens is 1. The van der Waals surface area contributed by atoms with E-state index in [0.29, 0.717) is 11.3 Å². The normalized spacial score (nSPS) is 21.7. The van der Waals surface area contributed by atoms with Crippen molar-refractivity contribution < 1.29 is 4.74 Å². The zero-order valence-electron chi connectivity index (χ0n) is 5.96. The number of aromatic nitrogens is 1. The molecule has 1 saturated heterocycles. The Balaban J connectivity index is 2.06. The first-order valence-electron chi connectivity index (χ1n) is 3.56. The Hall–Kier alpha value is -0.600. The molecule has 1 aromatic heterocycles. The van der Waals surface area contributed by atoms with Gasteiger partial charge in [0.25, 0.3) is 0 Å². The van der Waals surface area contributed by atoms with Gasteiger partial charge in [0.1, 0.15) is 5.15 Å². The molecule has 1 unspecified atom stereocenters. The minimum atomic E-state index is 0.429. The molecule has 0 aromatic carbocycles. The molecule has 0 bridgehead atoms. The van der Waals surface area contributed by atoms with Crippen LogP contribution in [0.4, 0.5) is 0 Å². The van der Waals surface area contributed by atoms with E-state index in [-0.39, 0.29) is 0 Å². The van der Waals surface area contributed by atoms with Crippen LogP contribution in [0.25, 0.3) is 0 Å². The summed E-state index contributed by atoms with van der Waals surface area (Å²) in [5.41, 5.74) is 1.19. The molecule has 11 heavy (non-hydrogen) atoms. The van der Waals surface area contributed by atoms with Crippen molar-refractivity contribution in [3.05, 3.63) is 29.0 Å². The third kappa shape index (κ3) is 1.91. The Morgan fingerprint density at radius 1 is 1.64 bits per heavy atom. The molecule has 2 heterocycles. The molecule has 0 spiro atoms. The average Bonchev–Trinajstić information content (AvgIpc) is 2.78. The summed E-state index contributed by atoms with van der Waals surface area (Å²) in [5, 5.41) is 0.547. The third-order valence-corrected chi connectivity index (χ3v) is 1.88. The number of hydrogen-bond acceptors (Lipinski definition) is 2. The lowest BCUT2D eigenvalue weighted by molar-refractivity contribution is 0.407. The highest BCUT2D eigenvalue weighted by molar-refractivity contribution is 6.29. The fourth-order valence-corrected chi connectivity index (χ4v) is 1.09. The Morgan fingerprint density at radius 3 is 3.00 bits per heavy atom. The van der Waals surface area contributed by atoms with Crippen LogP contribution < -0.4 is 0 Å². The van der Waals surface area contributed by atoms with Gasteiger partial charge in [-0.15, -0.1) is 0 Å². The molecular weight excluding hydrogens is 162 g/mol. The van der Waals surface area contributed by atoms with Crippen LogP contribution in [-0.2, 0) is 11.2 Å². The van der Waals surface area contributed by atoms with Gasteiger partial charge in [-0.25, -0.2) is 4.98 Å². The van der Waals surface area contributed by atoms with Gasteiger partial charge in [-0.2, -0.15) is 0 Å². The van der Waals surface area contributed by atoms with Crippen LogP contribution in [0.3, 0.4) is 0 Å². The van der Waals surface area contributed by atoms with Gasteiger partial charge in [-0.05, 0) is 11.6 Å². The van der Waals surface area contributed by atoms with Crippen LogP contribution in [0.5, 0.6) is 0 Å². The van der Waals surface area contributed by atoms with E-state index < -0.39 is 0 Å². The molecule has 0 saturated carbocycles. The maximum Gasteiger partial charge on any atom is 0.129 e. The van der Waals surface area contributed by atoms with E-state index in [0.717, 1.165) is 13.0 Å². The van der Waals surface area contributed by atoms with E-state index in [1.54, 1.807) is 12.3 Å². The maximum absolute atomic E-state index is 5.62. The predicted octanol–water partition coefficient (Wildman–Crippen LogP) is 1.68. The largest absolute Gasteiger partial charge is 0.373 e. The van der Waals surface area contributed by atoms with Crippen LogP contribution in [0.1, 0.15) is 5.56 Å². The van der Waals surface area contributed by atoms with E-state index in [1.807, 2.05) is 6.07 Å². The van der Waals surface area contributed by atoms with Crippen molar-refractivity contribution in [3.63, 3.8) is 0 Å². The Labute approximate surface area is 70.2 Å². The molecule has 0 aliphatic carbocycles. The van der Waals surface area contributed by atoms with Gasteiger partial charge in [0, 0.05) is 12.6 Å². The van der Waals surface area contributed by atoms with Crippen LogP contribution in [0, 0.1) is 0 Å². The number of nitrogens with zero attached hydrogens (tertiary/aromatic N) is 1. The number of pyridine rings is 1. The molecular formula is C8H8ClNO. The fourth-order valence-electron chi connectivity index (χ4n) is 0.976. The summed E-state index contributed by atoms with van der Waals surface area (Å²) >= 11 is 5.62. The highest BCUT2D eigenvalue weighted by Gasteiger charge is 2.22. The van der Waals surface area contributed by atoms with Crippen LogP contribution >= 0.6 is 11.6 Å². The first-order chi connectivity index (χ1) is 5.34. The van der Waals surface area contributed by atoms with Gasteiger partial charge in [0.2, 0.25) is 0 Å². The number of rotatable bonds is 2. The first-order valence-corrected chi connectivity index (χ1v) is 3.94. The molecule has 2 rings (SSSR count). The van der Waals surface area contributed by atoms with E-state index in [2.05, 4.69) is 4.98 Å². The van der Waals surface area contributed by atoms with Gasteiger partial charge in [0.15, 0.2) is 0 Å². The monoisotopic (exact) mass is 169 g/mol. The summed E-state index contributed by atoms with van der Waals surface area (Å²) < 4.78 is 5.08. The SMILES string of the molecule is Clc1ccc(CC2CO2)cn1. The molecule has 1 atom stereocenters. The zero-order valence-corrected chi connectivity index (χ0v) is 6.71. The van der Waals surface area contributed by atoms with Crippen LogP contribution in [-0.4, -0.2) is 17.7 Å². The summed E-state index contributed by atoms with van der Waals surface area (Å²) in [7, 11) is 0. The van der Waals surface area contributed by atoms with E-state index in [1.165, 1.54) is 5.56 Å². The van der Waals surface area contributed by atoms with Crippen molar-refractivity contribution in [2.45, 2.75) is 12.5 Å². The Morgan fingerprint density at radius 2 is 2.45 bits per heavy atom. The van der Waals surface area contributed by atoms with Crippen molar-refractivity contribution >= 4 is 11.6 Å². The summed E-state index contributed by atoms with van der Waals surface area (Å²) in [5.74, 6) is 0. The highest BCUT2D eigenvalue weighted by Crippen LogP contribution is 2.16. The number of hydrogen-bond donors (Lipinski definition) is 0. The van der Waals surface area contributed by atoms with E-state index in [4.69, 9.17) is 16.3 Å². The molecule has 1 aliphatic rings. The smallest absolute Gasteiger partial charge is 0.129 e. The van der Waals surface area contributed by atoms with Crippen molar-refractivity contribution in [3.8, 4) is 0 Å². The summed E-state index contributed by atoms with van der Waals surface area (Å²) in [6, 6.07) is 3.79. The van der Waals surface area contributed by atoms with E-state index >= 15 is 0 Å². The van der Waals surface area contributed by atoms with Crippen LogP contribution in [0.2, 0.25) is 5.15 Å². The fraction of sp³-hybridized carbons (Fsp3) is 0.375. The second-order valence-corrected chi connectivity index (χ2v) is 3.04. The summed E-state index contributed by atoms with van der Waals surface area (Å²) in [6.07, 6.45) is 3.19. The second kappa shape index (κ2) is 2.80. The van der Waals surface area contributed by atoms with Crippen molar-refractivity contribution in [2.24, 2.45) is 0 Å². The Kier molecular flexibility index (Phi) is 1.80. The minimum Gasteiger partial charge on any atom is -0.373 e. The summed E-state index contributed by atoms with van der Waals surface area (Å²) in [4.78, 5) is 3.97. The molecule has 1 aromatic rings. The van der Waals surface area contributed by atoms with Gasteiger partial charge < -0.3 is 4.74 Å². The lowest BCUT2D eigenvalue weighted by atomic mass is 10.2. The highest BCUT2D eigenvalue weighted by atomic mass is 35.5. The van der Waals surface area contributed by atoms with Crippen LogP contribution in [0.15, 0.2) is 18.3 Å². The molecule has 0 N–H and O–H groups in total. The van der Waals surface area contributed by atoms with Gasteiger partial charge in [-0.3, -0.25) is 0 Å². The molecule has 1 fully saturated rings. The second-order valence-electron chi connectivity index (χ2n) is 2.65. The van der Waals surface area contributed by atoms with Gasteiger partial charge >= 0.3 is 0 Å². The van der Waals surface area contributed by atoms with Gasteiger partial charge in [-0.1, -0.05) is 17.7 Å². The van der Waals surface area contributed by atoms with Crippen molar-refractivity contribution in [1.82, 2.24) is 4.98 Å². The molecule has 3 heteroatoms. The first kappa shape index (κ1) is 7.07. The minimum absolute atomic E-state index is 0.429. The predicted molar refractivity (Wildman–Crippen MR) is 42.7 cm³/mol. The Bertz CT molecular complexity index is 243. The molecule has 0 radical (unpaired) electrons. The number of ether oxygens (including phenoxy) is 1. The zero-order chi connectivity index (χ0) is 7.68. The summed E-state index contributed by atoms with van der Waals surface area (Å²) in [6.45, 7) is 0.891. The molecule has 0 amide bonds. The lowest BCUT2D eigenvalue weighted by Crippen LogP contribution is -1.92. The molecule has 1 aliphatic heterocycles. The van der Waals surface area contributed by atoms with Crippen molar-refractivity contribution in [2.75, 3.05) is 6.61 Å². The van der Waals surface area contributed by atoms with Crippen molar-refractivity contribution in [1.29, 1.82) is 0 Å². The standard InChI is InChI=1S/C8H8ClNO/c9-8-2-1-6(4-10-8)3-7-5-11-7/h1-2,4,7H,3,5H2. The topological polar surface area (TPSA) is 25.4 Å². The third-order valence-electron chi connectivity index (χ3n) is 1.65. The maximum atomic E-state index is 5.62. The average molecular weight is 170 g/mol.